The molecule has 0 saturated heterocycles. The van der Waals surface area contributed by atoms with Crippen LogP contribution in [0.25, 0.3) is 0 Å². The molecule has 0 radical (unpaired) electrons. The number of nitrogens with one attached hydrogen (secondary N) is 1. The van der Waals surface area contributed by atoms with Gasteiger partial charge in [0.15, 0.2) is 0 Å². The number of benzene rings is 1. The highest BCUT2D eigenvalue weighted by Gasteiger charge is 2.21. The first kappa shape index (κ1) is 16.2. The molecule has 3 N–H and O–H groups in total. The predicted octanol–water partition coefficient (Wildman–Crippen LogP) is 1.07. The van der Waals surface area contributed by atoms with Gasteiger partial charge in [0.25, 0.3) is 5.91 Å². The summed E-state index contributed by atoms with van der Waals surface area (Å²) < 4.78 is 0. The van der Waals surface area contributed by atoms with Crippen molar-refractivity contribution < 1.29 is 4.79 Å². The molecule has 0 aliphatic carbocycles. The zero-order valence-corrected chi connectivity index (χ0v) is 12.7. The molecule has 0 fully saturated rings. The van der Waals surface area contributed by atoms with Gasteiger partial charge in [-0.25, -0.2) is 0 Å². The lowest BCUT2D eigenvalue weighted by atomic mass is 10.0. The second kappa shape index (κ2) is 7.09. The molecule has 0 aliphatic heterocycles. The van der Waals surface area contributed by atoms with Crippen LogP contribution >= 0.6 is 0 Å². The smallest absolute Gasteiger partial charge is 0.251 e. The fraction of sp³-hybridized carbons (Fsp3) is 0.438. The molecule has 0 bridgehead atoms. The van der Waals surface area contributed by atoms with Crippen LogP contribution in [0.5, 0.6) is 0 Å². The van der Waals surface area contributed by atoms with Crippen molar-refractivity contribution in [3.63, 3.8) is 0 Å². The van der Waals surface area contributed by atoms with Crippen molar-refractivity contribution in [2.24, 2.45) is 5.73 Å². The summed E-state index contributed by atoms with van der Waals surface area (Å²) >= 11 is 0. The van der Waals surface area contributed by atoms with Gasteiger partial charge in [-0.15, -0.1) is 0 Å². The van der Waals surface area contributed by atoms with Gasteiger partial charge in [0.2, 0.25) is 0 Å². The zero-order valence-electron chi connectivity index (χ0n) is 12.7. The molecule has 1 aromatic rings. The molecule has 1 amide bonds. The van der Waals surface area contributed by atoms with E-state index < -0.39 is 0 Å². The van der Waals surface area contributed by atoms with Crippen LogP contribution in [0.4, 0.5) is 0 Å². The van der Waals surface area contributed by atoms with Gasteiger partial charge in [0, 0.05) is 23.2 Å². The molecule has 1 rings (SSSR count). The monoisotopic (exact) mass is 273 g/mol. The van der Waals surface area contributed by atoms with E-state index in [9.17, 15) is 4.79 Å². The summed E-state index contributed by atoms with van der Waals surface area (Å²) in [6.45, 7) is 5.09. The van der Waals surface area contributed by atoms with Gasteiger partial charge < -0.3 is 16.0 Å². The Bertz CT molecular complexity index is 507. The average molecular weight is 273 g/mol. The number of nitrogens with two attached hydrogens (primary N) is 1. The number of carbonyl (C=O) groups is 1. The van der Waals surface area contributed by atoms with E-state index in [1.807, 2.05) is 26.2 Å². The summed E-state index contributed by atoms with van der Waals surface area (Å²) in [5.74, 6) is 5.64. The Hall–Kier alpha value is -1.83. The highest BCUT2D eigenvalue weighted by Crippen LogP contribution is 2.09. The van der Waals surface area contributed by atoms with Gasteiger partial charge >= 0.3 is 0 Å². The number of hydrogen-bond donors (Lipinski definition) is 2. The van der Waals surface area contributed by atoms with Crippen molar-refractivity contribution in [2.45, 2.75) is 19.4 Å². The molecule has 108 valence electrons. The van der Waals surface area contributed by atoms with Crippen molar-refractivity contribution in [3.8, 4) is 11.8 Å². The predicted molar refractivity (Wildman–Crippen MR) is 82.5 cm³/mol. The Balaban J connectivity index is 2.65. The Morgan fingerprint density at radius 3 is 2.40 bits per heavy atom. The van der Waals surface area contributed by atoms with Gasteiger partial charge in [-0.2, -0.15) is 0 Å². The SMILES string of the molecule is CN(C)C(C)(C)CNC(=O)c1ccc(C#CCN)cc1. The molecule has 20 heavy (non-hydrogen) atoms. The number of likely N-dealkylation sites (N-methyl/N-ethyl adjacent to an activating group) is 1. The maximum atomic E-state index is 12.1. The van der Waals surface area contributed by atoms with E-state index in [1.165, 1.54) is 0 Å². The van der Waals surface area contributed by atoms with Crippen LogP contribution in [0.2, 0.25) is 0 Å². The molecule has 0 aliphatic rings. The summed E-state index contributed by atoms with van der Waals surface area (Å²) in [5, 5.41) is 2.95. The van der Waals surface area contributed by atoms with Crippen LogP contribution < -0.4 is 11.1 Å². The quantitative estimate of drug-likeness (QED) is 0.807. The van der Waals surface area contributed by atoms with E-state index in [1.54, 1.807) is 12.1 Å². The summed E-state index contributed by atoms with van der Waals surface area (Å²) in [7, 11) is 3.99. The minimum absolute atomic E-state index is 0.0711. The lowest BCUT2D eigenvalue weighted by Crippen LogP contribution is -2.48. The number of nitrogens with zero attached hydrogens (tertiary/aromatic N) is 1. The van der Waals surface area contributed by atoms with Crippen LogP contribution in [0.1, 0.15) is 29.8 Å². The second-order valence-corrected chi connectivity index (χ2v) is 5.47. The third-order valence-electron chi connectivity index (χ3n) is 3.37. The minimum atomic E-state index is -0.0811. The third kappa shape index (κ3) is 4.69. The molecular formula is C16H23N3O. The average Bonchev–Trinajstić information content (AvgIpc) is 2.43. The Morgan fingerprint density at radius 2 is 1.90 bits per heavy atom. The first-order chi connectivity index (χ1) is 9.36. The first-order valence-electron chi connectivity index (χ1n) is 6.61. The van der Waals surface area contributed by atoms with Crippen molar-refractivity contribution in [3.05, 3.63) is 35.4 Å². The van der Waals surface area contributed by atoms with Crippen molar-refractivity contribution in [2.75, 3.05) is 27.2 Å². The lowest BCUT2D eigenvalue weighted by Gasteiger charge is -2.32. The largest absolute Gasteiger partial charge is 0.350 e. The molecule has 0 unspecified atom stereocenters. The maximum absolute atomic E-state index is 12.1. The van der Waals surface area contributed by atoms with E-state index in [2.05, 4.69) is 35.9 Å². The summed E-state index contributed by atoms with van der Waals surface area (Å²) in [6.07, 6.45) is 0. The molecule has 0 atom stereocenters. The van der Waals surface area contributed by atoms with Crippen molar-refractivity contribution >= 4 is 5.91 Å². The Kier molecular flexibility index (Phi) is 5.75. The van der Waals surface area contributed by atoms with Crippen LogP contribution in [-0.2, 0) is 0 Å². The molecule has 4 nitrogen and oxygen atoms in total. The van der Waals surface area contributed by atoms with Crippen LogP contribution in [0.3, 0.4) is 0 Å². The van der Waals surface area contributed by atoms with Gasteiger partial charge in [-0.3, -0.25) is 4.79 Å². The third-order valence-corrected chi connectivity index (χ3v) is 3.37. The number of hydrogen-bond acceptors (Lipinski definition) is 3. The van der Waals surface area contributed by atoms with E-state index >= 15 is 0 Å². The fourth-order valence-electron chi connectivity index (χ4n) is 1.41. The van der Waals surface area contributed by atoms with Crippen molar-refractivity contribution in [1.29, 1.82) is 0 Å². The molecule has 0 heterocycles. The van der Waals surface area contributed by atoms with Crippen molar-refractivity contribution in [1.82, 2.24) is 10.2 Å². The summed E-state index contributed by atoms with van der Waals surface area (Å²) in [4.78, 5) is 14.1. The van der Waals surface area contributed by atoms with E-state index in [0.717, 1.165) is 5.56 Å². The number of amides is 1. The maximum Gasteiger partial charge on any atom is 0.251 e. The number of carbonyl (C=O) groups excluding carboxylic acids is 1. The molecule has 1 aromatic carbocycles. The lowest BCUT2D eigenvalue weighted by molar-refractivity contribution is 0.0919. The standard InChI is InChI=1S/C16H23N3O/c1-16(2,19(3)4)12-18-15(20)14-9-7-13(8-10-14)6-5-11-17/h7-10H,11-12,17H2,1-4H3,(H,18,20). The van der Waals surface area contributed by atoms with E-state index in [0.29, 0.717) is 18.7 Å². The summed E-state index contributed by atoms with van der Waals surface area (Å²) in [5.41, 5.74) is 6.73. The molecule has 0 aromatic heterocycles. The molecule has 0 spiro atoms. The van der Waals surface area contributed by atoms with E-state index in [-0.39, 0.29) is 11.4 Å². The van der Waals surface area contributed by atoms with Gasteiger partial charge in [0.1, 0.15) is 0 Å². The number of rotatable bonds is 4. The van der Waals surface area contributed by atoms with Gasteiger partial charge in [-0.1, -0.05) is 11.8 Å². The van der Waals surface area contributed by atoms with Crippen LogP contribution in [-0.4, -0.2) is 43.5 Å². The van der Waals surface area contributed by atoms with Crippen LogP contribution in [0.15, 0.2) is 24.3 Å². The van der Waals surface area contributed by atoms with E-state index in [4.69, 9.17) is 5.73 Å². The normalized spacial score (nSPS) is 10.9. The fourth-order valence-corrected chi connectivity index (χ4v) is 1.41. The zero-order chi connectivity index (χ0) is 15.2. The Labute approximate surface area is 121 Å². The molecule has 0 saturated carbocycles. The molecule has 4 heteroatoms. The minimum Gasteiger partial charge on any atom is -0.350 e. The van der Waals surface area contributed by atoms with Gasteiger partial charge in [0.05, 0.1) is 6.54 Å². The topological polar surface area (TPSA) is 58.4 Å². The van der Waals surface area contributed by atoms with Crippen LogP contribution in [0, 0.1) is 11.8 Å². The summed E-state index contributed by atoms with van der Waals surface area (Å²) in [6, 6.07) is 7.21. The van der Waals surface area contributed by atoms with Gasteiger partial charge in [-0.05, 0) is 52.2 Å². The Morgan fingerprint density at radius 1 is 1.30 bits per heavy atom. The highest BCUT2D eigenvalue weighted by atomic mass is 16.1. The second-order valence-electron chi connectivity index (χ2n) is 5.47. The molecular weight excluding hydrogens is 250 g/mol. The highest BCUT2D eigenvalue weighted by molar-refractivity contribution is 5.94. The first-order valence-corrected chi connectivity index (χ1v) is 6.61.